The number of piperazine rings is 1. The Kier molecular flexibility index (Phi) is 8.96. The number of tetrazole rings is 1. The number of aromatic amines is 1. The van der Waals surface area contributed by atoms with Crippen LogP contribution in [0.2, 0.25) is 0 Å². The van der Waals surface area contributed by atoms with Gasteiger partial charge in [0.1, 0.15) is 17.8 Å². The number of H-pyrrole nitrogens is 1. The molecule has 3 heterocycles. The standard InChI is InChI=1S/C27H33N9O5/c1-2-40-27(39)36-14-12-35(13-15-36)26(38)21(16-22-31-33-34-32-22)29-25(37)20-17-23(41-19-10-6-7-11-19)30-24(28-20)18-8-4-3-5-9-18/h3-5,8-9,17,19,21H,2,6-7,10-16H2,1H3,(H,29,37)(H,31,32,33,34). The Labute approximate surface area is 236 Å². The highest BCUT2D eigenvalue weighted by Crippen LogP contribution is 2.25. The second kappa shape index (κ2) is 13.2. The Morgan fingerprint density at radius 1 is 1.05 bits per heavy atom. The van der Waals surface area contributed by atoms with E-state index < -0.39 is 18.0 Å². The third-order valence-corrected chi connectivity index (χ3v) is 7.05. The maximum Gasteiger partial charge on any atom is 0.409 e. The second-order valence-corrected chi connectivity index (χ2v) is 9.87. The first-order chi connectivity index (χ1) is 20.0. The van der Waals surface area contributed by atoms with Gasteiger partial charge in [0, 0.05) is 44.2 Å². The van der Waals surface area contributed by atoms with Crippen LogP contribution in [0.15, 0.2) is 36.4 Å². The van der Waals surface area contributed by atoms with Gasteiger partial charge >= 0.3 is 6.09 Å². The first-order valence-electron chi connectivity index (χ1n) is 13.8. The zero-order valence-electron chi connectivity index (χ0n) is 22.9. The molecule has 14 heteroatoms. The van der Waals surface area contributed by atoms with Crippen LogP contribution >= 0.6 is 0 Å². The number of amides is 3. The lowest BCUT2D eigenvalue weighted by atomic mass is 10.1. The van der Waals surface area contributed by atoms with E-state index in [-0.39, 0.29) is 36.6 Å². The topological polar surface area (TPSA) is 168 Å². The number of ether oxygens (including phenoxy) is 2. The van der Waals surface area contributed by atoms with Crippen molar-refractivity contribution >= 4 is 17.9 Å². The van der Waals surface area contributed by atoms with E-state index in [2.05, 4.69) is 35.9 Å². The SMILES string of the molecule is CCOC(=O)N1CCN(C(=O)C(Cc2nn[nH]n2)NC(=O)c2cc(OC3CCCC3)nc(-c3ccccc3)n2)CC1. The minimum atomic E-state index is -0.997. The number of nitrogens with zero attached hydrogens (tertiary/aromatic N) is 7. The van der Waals surface area contributed by atoms with E-state index in [4.69, 9.17) is 9.47 Å². The molecule has 3 aromatic rings. The summed E-state index contributed by atoms with van der Waals surface area (Å²) in [7, 11) is 0. The lowest BCUT2D eigenvalue weighted by molar-refractivity contribution is -0.134. The van der Waals surface area contributed by atoms with Crippen molar-refractivity contribution in [3.05, 3.63) is 47.9 Å². The number of nitrogens with one attached hydrogen (secondary N) is 2. The normalized spacial score (nSPS) is 16.3. The molecular formula is C27H33N9O5. The lowest BCUT2D eigenvalue weighted by Gasteiger charge is -2.35. The summed E-state index contributed by atoms with van der Waals surface area (Å²) in [5.41, 5.74) is 0.808. The molecule has 0 spiro atoms. The van der Waals surface area contributed by atoms with E-state index in [0.29, 0.717) is 37.9 Å². The number of hydrogen-bond acceptors (Lipinski definition) is 10. The van der Waals surface area contributed by atoms with Crippen molar-refractivity contribution < 1.29 is 23.9 Å². The fourth-order valence-electron chi connectivity index (χ4n) is 4.92. The molecule has 1 unspecified atom stereocenters. The predicted octanol–water partition coefficient (Wildman–Crippen LogP) is 1.62. The zero-order chi connectivity index (χ0) is 28.6. The maximum atomic E-state index is 13.6. The number of carbonyl (C=O) groups excluding carboxylic acids is 3. The monoisotopic (exact) mass is 563 g/mol. The fraction of sp³-hybridized carbons (Fsp3) is 0.481. The minimum Gasteiger partial charge on any atom is -0.474 e. The number of aromatic nitrogens is 6. The van der Waals surface area contributed by atoms with E-state index in [1.807, 2.05) is 30.3 Å². The molecule has 2 aliphatic rings. The summed E-state index contributed by atoms with van der Waals surface area (Å²) in [4.78, 5) is 51.5. The zero-order valence-corrected chi connectivity index (χ0v) is 22.9. The predicted molar refractivity (Wildman–Crippen MR) is 145 cm³/mol. The molecular weight excluding hydrogens is 530 g/mol. The molecule has 1 atom stereocenters. The number of rotatable bonds is 9. The van der Waals surface area contributed by atoms with Crippen molar-refractivity contribution in [3.8, 4) is 17.3 Å². The molecule has 41 heavy (non-hydrogen) atoms. The van der Waals surface area contributed by atoms with Gasteiger partial charge in [0.05, 0.1) is 6.61 Å². The Balaban J connectivity index is 1.35. The molecule has 0 bridgehead atoms. The molecule has 0 radical (unpaired) electrons. The van der Waals surface area contributed by atoms with Crippen LogP contribution in [0, 0.1) is 0 Å². The highest BCUT2D eigenvalue weighted by atomic mass is 16.6. The first kappa shape index (κ1) is 27.9. The Hall–Kier alpha value is -4.62. The summed E-state index contributed by atoms with van der Waals surface area (Å²) in [6, 6.07) is 9.84. The van der Waals surface area contributed by atoms with Crippen LogP contribution in [-0.2, 0) is 16.0 Å². The number of carbonyl (C=O) groups is 3. The van der Waals surface area contributed by atoms with Gasteiger partial charge in [0.2, 0.25) is 11.8 Å². The highest BCUT2D eigenvalue weighted by Gasteiger charge is 2.32. The maximum absolute atomic E-state index is 13.6. The van der Waals surface area contributed by atoms with Gasteiger partial charge in [-0.25, -0.2) is 9.78 Å². The molecule has 2 aromatic heterocycles. The quantitative estimate of drug-likeness (QED) is 0.390. The number of hydrogen-bond donors (Lipinski definition) is 2. The smallest absolute Gasteiger partial charge is 0.409 e. The van der Waals surface area contributed by atoms with Crippen LogP contribution in [0.5, 0.6) is 5.88 Å². The summed E-state index contributed by atoms with van der Waals surface area (Å²) in [5, 5.41) is 16.7. The van der Waals surface area contributed by atoms with Gasteiger partial charge in [-0.1, -0.05) is 35.5 Å². The van der Waals surface area contributed by atoms with E-state index >= 15 is 0 Å². The van der Waals surface area contributed by atoms with Crippen LogP contribution < -0.4 is 10.1 Å². The summed E-state index contributed by atoms with van der Waals surface area (Å²) >= 11 is 0. The third kappa shape index (κ3) is 7.13. The number of benzene rings is 1. The molecule has 216 valence electrons. The van der Waals surface area contributed by atoms with Crippen LogP contribution in [0.3, 0.4) is 0 Å². The van der Waals surface area contributed by atoms with E-state index in [1.54, 1.807) is 16.7 Å². The third-order valence-electron chi connectivity index (χ3n) is 7.05. The Bertz CT molecular complexity index is 1320. The molecule has 1 saturated carbocycles. The molecule has 1 aliphatic carbocycles. The van der Waals surface area contributed by atoms with Gasteiger partial charge in [0.25, 0.3) is 5.91 Å². The van der Waals surface area contributed by atoms with Crippen molar-refractivity contribution in [2.24, 2.45) is 0 Å². The van der Waals surface area contributed by atoms with Crippen molar-refractivity contribution in [2.45, 2.75) is 51.2 Å². The van der Waals surface area contributed by atoms with Crippen LogP contribution in [0.25, 0.3) is 11.4 Å². The van der Waals surface area contributed by atoms with Crippen molar-refractivity contribution in [2.75, 3.05) is 32.8 Å². The Morgan fingerprint density at radius 3 is 2.46 bits per heavy atom. The van der Waals surface area contributed by atoms with E-state index in [0.717, 1.165) is 31.2 Å². The average Bonchev–Trinajstić information content (AvgIpc) is 3.72. The molecule has 3 amide bonds. The van der Waals surface area contributed by atoms with Gasteiger partial charge in [-0.2, -0.15) is 10.2 Å². The fourth-order valence-corrected chi connectivity index (χ4v) is 4.92. The minimum absolute atomic E-state index is 0.0151. The molecule has 2 N–H and O–H groups in total. The summed E-state index contributed by atoms with van der Waals surface area (Å²) < 4.78 is 11.2. The molecule has 1 aromatic carbocycles. The van der Waals surface area contributed by atoms with Crippen molar-refractivity contribution in [1.29, 1.82) is 0 Å². The van der Waals surface area contributed by atoms with Crippen molar-refractivity contribution in [3.63, 3.8) is 0 Å². The molecule has 14 nitrogen and oxygen atoms in total. The summed E-state index contributed by atoms with van der Waals surface area (Å²) in [6.45, 7) is 3.25. The molecule has 1 saturated heterocycles. The average molecular weight is 564 g/mol. The van der Waals surface area contributed by atoms with Crippen molar-refractivity contribution in [1.82, 2.24) is 45.7 Å². The second-order valence-electron chi connectivity index (χ2n) is 9.87. The van der Waals surface area contributed by atoms with Gasteiger partial charge in [0.15, 0.2) is 11.6 Å². The summed E-state index contributed by atoms with van der Waals surface area (Å²) in [5.74, 6) is 0.0421. The van der Waals surface area contributed by atoms with Gasteiger partial charge in [-0.15, -0.1) is 10.2 Å². The van der Waals surface area contributed by atoms with Gasteiger partial charge in [-0.05, 0) is 32.6 Å². The molecule has 2 fully saturated rings. The lowest BCUT2D eigenvalue weighted by Crippen LogP contribution is -2.56. The van der Waals surface area contributed by atoms with E-state index in [1.165, 1.54) is 6.07 Å². The van der Waals surface area contributed by atoms with Crippen LogP contribution in [0.1, 0.15) is 48.9 Å². The van der Waals surface area contributed by atoms with E-state index in [9.17, 15) is 14.4 Å². The van der Waals surface area contributed by atoms with Gasteiger partial charge in [-0.3, -0.25) is 9.59 Å². The molecule has 5 rings (SSSR count). The summed E-state index contributed by atoms with van der Waals surface area (Å²) in [6.07, 6.45) is 3.66. The van der Waals surface area contributed by atoms with Crippen LogP contribution in [0.4, 0.5) is 4.79 Å². The largest absolute Gasteiger partial charge is 0.474 e. The Morgan fingerprint density at radius 2 is 1.78 bits per heavy atom. The van der Waals surface area contributed by atoms with Crippen LogP contribution in [-0.4, -0.2) is 103 Å². The molecule has 1 aliphatic heterocycles. The highest BCUT2D eigenvalue weighted by molar-refractivity contribution is 5.96. The first-order valence-corrected chi connectivity index (χ1v) is 13.8. The van der Waals surface area contributed by atoms with Gasteiger partial charge < -0.3 is 24.6 Å².